The third-order valence-corrected chi connectivity index (χ3v) is 2.92. The summed E-state index contributed by atoms with van der Waals surface area (Å²) in [5.41, 5.74) is 6.11. The summed E-state index contributed by atoms with van der Waals surface area (Å²) < 4.78 is 5.57. The Bertz CT molecular complexity index is 617. The minimum Gasteiger partial charge on any atom is -0.450 e. The Morgan fingerprint density at radius 2 is 1.84 bits per heavy atom. The molecule has 0 heterocycles. The summed E-state index contributed by atoms with van der Waals surface area (Å²) in [6, 6.07) is 11.2. The minimum absolute atomic E-state index is 0.106. The van der Waals surface area contributed by atoms with E-state index in [0.29, 0.717) is 16.3 Å². The van der Waals surface area contributed by atoms with Gasteiger partial charge in [0.2, 0.25) is 5.75 Å². The van der Waals surface area contributed by atoms with Gasteiger partial charge in [0, 0.05) is 23.2 Å². The number of para-hydroxylation sites is 2. The zero-order chi connectivity index (χ0) is 13.8. The number of hydrogen-bond donors (Lipinski definition) is 1. The zero-order valence-corrected chi connectivity index (χ0v) is 10.6. The Morgan fingerprint density at radius 1 is 1.16 bits per heavy atom. The standard InChI is InChI=1S/C13H11ClN2O3/c14-10-4-3-7-12(9(10)8-15)19-13-6-2-1-5-11(13)16(17)18/h1-7H,8,15H2. The smallest absolute Gasteiger partial charge is 0.311 e. The molecule has 0 amide bonds. The van der Waals surface area contributed by atoms with E-state index in [1.165, 1.54) is 12.1 Å². The lowest BCUT2D eigenvalue weighted by Crippen LogP contribution is -2.01. The van der Waals surface area contributed by atoms with Gasteiger partial charge in [-0.3, -0.25) is 10.1 Å². The first kappa shape index (κ1) is 13.3. The van der Waals surface area contributed by atoms with E-state index in [0.717, 1.165) is 0 Å². The highest BCUT2D eigenvalue weighted by molar-refractivity contribution is 6.31. The molecule has 0 saturated heterocycles. The summed E-state index contributed by atoms with van der Waals surface area (Å²) in [5.74, 6) is 0.578. The van der Waals surface area contributed by atoms with Crippen LogP contribution in [-0.4, -0.2) is 4.92 Å². The van der Waals surface area contributed by atoms with Crippen LogP contribution in [0.3, 0.4) is 0 Å². The number of halogens is 1. The van der Waals surface area contributed by atoms with Crippen LogP contribution < -0.4 is 10.5 Å². The first-order valence-electron chi connectivity index (χ1n) is 5.52. The van der Waals surface area contributed by atoms with Crippen LogP contribution in [0.4, 0.5) is 5.69 Å². The predicted molar refractivity (Wildman–Crippen MR) is 72.5 cm³/mol. The lowest BCUT2D eigenvalue weighted by Gasteiger charge is -2.11. The lowest BCUT2D eigenvalue weighted by atomic mass is 10.2. The van der Waals surface area contributed by atoms with Gasteiger partial charge in [0.25, 0.3) is 0 Å². The van der Waals surface area contributed by atoms with E-state index in [2.05, 4.69) is 0 Å². The van der Waals surface area contributed by atoms with Gasteiger partial charge < -0.3 is 10.5 Å². The van der Waals surface area contributed by atoms with Crippen molar-refractivity contribution in [3.05, 3.63) is 63.2 Å². The van der Waals surface area contributed by atoms with Crippen LogP contribution in [0.25, 0.3) is 0 Å². The summed E-state index contributed by atoms with van der Waals surface area (Å²) >= 11 is 6.00. The highest BCUT2D eigenvalue weighted by Gasteiger charge is 2.16. The molecule has 0 spiro atoms. The molecule has 0 aromatic heterocycles. The third kappa shape index (κ3) is 2.83. The van der Waals surface area contributed by atoms with Crippen molar-refractivity contribution in [2.45, 2.75) is 6.54 Å². The van der Waals surface area contributed by atoms with Gasteiger partial charge in [-0.1, -0.05) is 29.8 Å². The quantitative estimate of drug-likeness (QED) is 0.686. The molecule has 2 N–H and O–H groups in total. The molecule has 0 aliphatic heterocycles. The van der Waals surface area contributed by atoms with Gasteiger partial charge in [-0.2, -0.15) is 0 Å². The first-order chi connectivity index (χ1) is 9.13. The number of rotatable bonds is 4. The molecule has 6 heteroatoms. The molecule has 19 heavy (non-hydrogen) atoms. The molecule has 0 bridgehead atoms. The summed E-state index contributed by atoms with van der Waals surface area (Å²) in [6.45, 7) is 0.190. The van der Waals surface area contributed by atoms with E-state index in [9.17, 15) is 10.1 Å². The van der Waals surface area contributed by atoms with Crippen molar-refractivity contribution in [3.8, 4) is 11.5 Å². The normalized spacial score (nSPS) is 10.2. The second-order valence-corrected chi connectivity index (χ2v) is 4.15. The second-order valence-electron chi connectivity index (χ2n) is 3.75. The molecule has 0 unspecified atom stereocenters. The SMILES string of the molecule is NCc1c(Cl)cccc1Oc1ccccc1[N+](=O)[O-]. The van der Waals surface area contributed by atoms with Gasteiger partial charge >= 0.3 is 5.69 Å². The monoisotopic (exact) mass is 278 g/mol. The van der Waals surface area contributed by atoms with Crippen LogP contribution in [0, 0.1) is 10.1 Å². The summed E-state index contributed by atoms with van der Waals surface area (Å²) in [6.07, 6.45) is 0. The number of nitrogens with zero attached hydrogens (tertiary/aromatic N) is 1. The molecule has 0 saturated carbocycles. The van der Waals surface area contributed by atoms with Crippen molar-refractivity contribution in [2.75, 3.05) is 0 Å². The summed E-state index contributed by atoms with van der Waals surface area (Å²) in [5, 5.41) is 11.4. The Hall–Kier alpha value is -2.11. The van der Waals surface area contributed by atoms with E-state index in [4.69, 9.17) is 22.1 Å². The van der Waals surface area contributed by atoms with Crippen molar-refractivity contribution in [1.29, 1.82) is 0 Å². The lowest BCUT2D eigenvalue weighted by molar-refractivity contribution is -0.385. The van der Waals surface area contributed by atoms with Crippen LogP contribution in [-0.2, 0) is 6.54 Å². The van der Waals surface area contributed by atoms with Crippen molar-refractivity contribution in [3.63, 3.8) is 0 Å². The Labute approximate surface area is 114 Å². The second kappa shape index (κ2) is 5.69. The molecule has 98 valence electrons. The van der Waals surface area contributed by atoms with E-state index < -0.39 is 4.92 Å². The highest BCUT2D eigenvalue weighted by atomic mass is 35.5. The van der Waals surface area contributed by atoms with Crippen LogP contribution in [0.2, 0.25) is 5.02 Å². The third-order valence-electron chi connectivity index (χ3n) is 2.56. The van der Waals surface area contributed by atoms with Crippen molar-refractivity contribution in [1.82, 2.24) is 0 Å². The van der Waals surface area contributed by atoms with Crippen molar-refractivity contribution in [2.24, 2.45) is 5.73 Å². The van der Waals surface area contributed by atoms with Crippen molar-refractivity contribution < 1.29 is 9.66 Å². The summed E-state index contributed by atoms with van der Waals surface area (Å²) in [4.78, 5) is 10.4. The van der Waals surface area contributed by atoms with Gasteiger partial charge in [-0.15, -0.1) is 0 Å². The number of nitrogens with two attached hydrogens (primary N) is 1. The average Bonchev–Trinajstić information content (AvgIpc) is 2.39. The van der Waals surface area contributed by atoms with Crippen molar-refractivity contribution >= 4 is 17.3 Å². The van der Waals surface area contributed by atoms with E-state index >= 15 is 0 Å². The fourth-order valence-electron chi connectivity index (χ4n) is 1.65. The molecule has 2 aromatic carbocycles. The van der Waals surface area contributed by atoms with Gasteiger partial charge in [-0.05, 0) is 18.2 Å². The first-order valence-corrected chi connectivity index (χ1v) is 5.90. The molecular formula is C13H11ClN2O3. The molecule has 0 radical (unpaired) electrons. The predicted octanol–water partition coefficient (Wildman–Crippen LogP) is 3.50. The molecule has 0 fully saturated rings. The van der Waals surface area contributed by atoms with E-state index in [1.807, 2.05) is 0 Å². The fraction of sp³-hybridized carbons (Fsp3) is 0.0769. The maximum atomic E-state index is 10.9. The molecular weight excluding hydrogens is 268 g/mol. The van der Waals surface area contributed by atoms with Crippen LogP contribution >= 0.6 is 11.6 Å². The largest absolute Gasteiger partial charge is 0.450 e. The van der Waals surface area contributed by atoms with Crippen LogP contribution in [0.5, 0.6) is 11.5 Å². The van der Waals surface area contributed by atoms with Gasteiger partial charge in [-0.25, -0.2) is 0 Å². The maximum absolute atomic E-state index is 10.9. The Kier molecular flexibility index (Phi) is 3.99. The maximum Gasteiger partial charge on any atom is 0.311 e. The molecule has 0 atom stereocenters. The number of nitro benzene ring substituents is 1. The number of benzene rings is 2. The van der Waals surface area contributed by atoms with Crippen LogP contribution in [0.15, 0.2) is 42.5 Å². The van der Waals surface area contributed by atoms with E-state index in [1.54, 1.807) is 30.3 Å². The molecule has 0 aliphatic rings. The number of nitro groups is 1. The number of hydrogen-bond acceptors (Lipinski definition) is 4. The van der Waals surface area contributed by atoms with Crippen LogP contribution in [0.1, 0.15) is 5.56 Å². The van der Waals surface area contributed by atoms with E-state index in [-0.39, 0.29) is 18.0 Å². The van der Waals surface area contributed by atoms with Gasteiger partial charge in [0.1, 0.15) is 5.75 Å². The van der Waals surface area contributed by atoms with Gasteiger partial charge in [0.15, 0.2) is 0 Å². The molecule has 2 aromatic rings. The topological polar surface area (TPSA) is 78.4 Å². The molecule has 0 aliphatic carbocycles. The zero-order valence-electron chi connectivity index (χ0n) is 9.88. The fourth-order valence-corrected chi connectivity index (χ4v) is 1.89. The highest BCUT2D eigenvalue weighted by Crippen LogP contribution is 2.34. The average molecular weight is 279 g/mol. The Morgan fingerprint density at radius 3 is 2.53 bits per heavy atom. The molecule has 5 nitrogen and oxygen atoms in total. The van der Waals surface area contributed by atoms with Gasteiger partial charge in [0.05, 0.1) is 4.92 Å². The number of ether oxygens (including phenoxy) is 1. The summed E-state index contributed by atoms with van der Waals surface area (Å²) in [7, 11) is 0. The molecule has 2 rings (SSSR count). The Balaban J connectivity index is 2.42. The minimum atomic E-state index is -0.498.